The summed E-state index contributed by atoms with van der Waals surface area (Å²) in [6, 6.07) is 0. The fourth-order valence-corrected chi connectivity index (χ4v) is 1.53. The standard InChI is InChI=1S/C12H20O4/c1-7(2)9(11(13)15-5)10(8(3)4)12(14)16-6/h7-8H,1-6H3. The van der Waals surface area contributed by atoms with Crippen molar-refractivity contribution < 1.29 is 19.1 Å². The first-order valence-electron chi connectivity index (χ1n) is 5.27. The van der Waals surface area contributed by atoms with Crippen molar-refractivity contribution in [2.75, 3.05) is 14.2 Å². The Morgan fingerprint density at radius 2 is 1.00 bits per heavy atom. The summed E-state index contributed by atoms with van der Waals surface area (Å²) in [4.78, 5) is 23.3. The van der Waals surface area contributed by atoms with E-state index in [1.54, 1.807) is 0 Å². The van der Waals surface area contributed by atoms with Crippen LogP contribution < -0.4 is 0 Å². The lowest BCUT2D eigenvalue weighted by Crippen LogP contribution is -2.21. The lowest BCUT2D eigenvalue weighted by Gasteiger charge is -2.17. The highest BCUT2D eigenvalue weighted by Gasteiger charge is 2.26. The molecule has 0 saturated carbocycles. The van der Waals surface area contributed by atoms with E-state index in [2.05, 4.69) is 0 Å². The van der Waals surface area contributed by atoms with Crippen LogP contribution in [0, 0.1) is 11.8 Å². The van der Waals surface area contributed by atoms with Gasteiger partial charge in [0.05, 0.1) is 25.4 Å². The number of rotatable bonds is 4. The van der Waals surface area contributed by atoms with E-state index in [0.29, 0.717) is 11.1 Å². The predicted molar refractivity (Wildman–Crippen MR) is 60.7 cm³/mol. The van der Waals surface area contributed by atoms with Crippen molar-refractivity contribution in [2.24, 2.45) is 11.8 Å². The fourth-order valence-electron chi connectivity index (χ4n) is 1.53. The molecule has 0 spiro atoms. The molecular weight excluding hydrogens is 208 g/mol. The Balaban J connectivity index is 5.63. The molecule has 0 aliphatic heterocycles. The van der Waals surface area contributed by atoms with Gasteiger partial charge in [0.25, 0.3) is 0 Å². The van der Waals surface area contributed by atoms with Crippen molar-refractivity contribution in [3.8, 4) is 0 Å². The van der Waals surface area contributed by atoms with E-state index in [1.165, 1.54) is 14.2 Å². The summed E-state index contributed by atoms with van der Waals surface area (Å²) < 4.78 is 9.39. The Bertz CT molecular complexity index is 270. The van der Waals surface area contributed by atoms with Crippen LogP contribution in [-0.4, -0.2) is 26.2 Å². The van der Waals surface area contributed by atoms with E-state index in [9.17, 15) is 9.59 Å². The molecule has 0 saturated heterocycles. The molecule has 4 nitrogen and oxygen atoms in total. The molecule has 0 rings (SSSR count). The summed E-state index contributed by atoms with van der Waals surface area (Å²) >= 11 is 0. The van der Waals surface area contributed by atoms with Gasteiger partial charge in [-0.05, 0) is 11.8 Å². The number of esters is 2. The molecule has 0 radical (unpaired) electrons. The van der Waals surface area contributed by atoms with E-state index < -0.39 is 11.9 Å². The van der Waals surface area contributed by atoms with Gasteiger partial charge in [0, 0.05) is 0 Å². The van der Waals surface area contributed by atoms with Crippen molar-refractivity contribution in [3.05, 3.63) is 11.1 Å². The second-order valence-corrected chi connectivity index (χ2v) is 4.12. The first-order valence-corrected chi connectivity index (χ1v) is 5.27. The molecule has 0 fully saturated rings. The third-order valence-corrected chi connectivity index (χ3v) is 2.26. The zero-order valence-corrected chi connectivity index (χ0v) is 10.8. The average molecular weight is 228 g/mol. The Morgan fingerprint density at radius 3 is 1.12 bits per heavy atom. The monoisotopic (exact) mass is 228 g/mol. The summed E-state index contributed by atoms with van der Waals surface area (Å²) in [7, 11) is 2.61. The Kier molecular flexibility index (Phi) is 5.78. The van der Waals surface area contributed by atoms with Gasteiger partial charge < -0.3 is 9.47 Å². The molecule has 0 atom stereocenters. The Morgan fingerprint density at radius 1 is 0.750 bits per heavy atom. The van der Waals surface area contributed by atoms with Gasteiger partial charge in [-0.1, -0.05) is 27.7 Å². The topological polar surface area (TPSA) is 52.6 Å². The van der Waals surface area contributed by atoms with Crippen molar-refractivity contribution >= 4 is 11.9 Å². The molecule has 4 heteroatoms. The SMILES string of the molecule is COC(=O)C(=C(C(=O)OC)C(C)C)C(C)C. The largest absolute Gasteiger partial charge is 0.466 e. The van der Waals surface area contributed by atoms with Crippen LogP contribution in [0.3, 0.4) is 0 Å². The maximum absolute atomic E-state index is 11.6. The van der Waals surface area contributed by atoms with Crippen molar-refractivity contribution in [3.63, 3.8) is 0 Å². The second kappa shape index (κ2) is 6.30. The molecule has 0 aromatic carbocycles. The summed E-state index contributed by atoms with van der Waals surface area (Å²) in [5.74, 6) is -1.10. The highest BCUT2D eigenvalue weighted by Crippen LogP contribution is 2.23. The molecule has 0 aromatic heterocycles. The highest BCUT2D eigenvalue weighted by molar-refractivity contribution is 6.00. The maximum Gasteiger partial charge on any atom is 0.334 e. The van der Waals surface area contributed by atoms with Gasteiger partial charge in [0.2, 0.25) is 0 Å². The van der Waals surface area contributed by atoms with E-state index in [0.717, 1.165) is 0 Å². The fraction of sp³-hybridized carbons (Fsp3) is 0.667. The molecule has 0 heterocycles. The molecule has 0 unspecified atom stereocenters. The highest BCUT2D eigenvalue weighted by atomic mass is 16.5. The van der Waals surface area contributed by atoms with Crippen LogP contribution in [0.1, 0.15) is 27.7 Å². The zero-order valence-electron chi connectivity index (χ0n) is 10.8. The number of carbonyl (C=O) groups excluding carboxylic acids is 2. The molecule has 0 aliphatic rings. The molecule has 0 N–H and O–H groups in total. The zero-order chi connectivity index (χ0) is 12.9. The second-order valence-electron chi connectivity index (χ2n) is 4.12. The number of hydrogen-bond donors (Lipinski definition) is 0. The van der Waals surface area contributed by atoms with Crippen LogP contribution in [0.5, 0.6) is 0 Å². The van der Waals surface area contributed by atoms with Crippen molar-refractivity contribution in [1.29, 1.82) is 0 Å². The molecule has 0 bridgehead atoms. The minimum absolute atomic E-state index is 0.0797. The number of hydrogen-bond acceptors (Lipinski definition) is 4. The maximum atomic E-state index is 11.6. The molecular formula is C12H20O4. The van der Waals surface area contributed by atoms with Crippen LogP contribution in [-0.2, 0) is 19.1 Å². The van der Waals surface area contributed by atoms with Crippen LogP contribution in [0.25, 0.3) is 0 Å². The third-order valence-electron chi connectivity index (χ3n) is 2.26. The van der Waals surface area contributed by atoms with Gasteiger partial charge in [-0.2, -0.15) is 0 Å². The predicted octanol–water partition coefficient (Wildman–Crippen LogP) is 1.94. The summed E-state index contributed by atoms with van der Waals surface area (Å²) in [6.45, 7) is 7.38. The minimum Gasteiger partial charge on any atom is -0.466 e. The van der Waals surface area contributed by atoms with E-state index in [4.69, 9.17) is 9.47 Å². The lowest BCUT2D eigenvalue weighted by molar-refractivity contribution is -0.140. The van der Waals surface area contributed by atoms with Gasteiger partial charge in [-0.25, -0.2) is 9.59 Å². The normalized spacial score (nSPS) is 12.5. The number of carbonyl (C=O) groups is 2. The average Bonchev–Trinajstić information content (AvgIpc) is 2.22. The molecule has 0 amide bonds. The van der Waals surface area contributed by atoms with E-state index in [1.807, 2.05) is 27.7 Å². The molecule has 0 aromatic rings. The smallest absolute Gasteiger partial charge is 0.334 e. The number of ether oxygens (including phenoxy) is 2. The summed E-state index contributed by atoms with van der Waals surface area (Å²) in [6.07, 6.45) is 0. The number of methoxy groups -OCH3 is 2. The van der Waals surface area contributed by atoms with Gasteiger partial charge in [0.15, 0.2) is 0 Å². The first-order chi connectivity index (χ1) is 7.36. The van der Waals surface area contributed by atoms with Crippen LogP contribution in [0.15, 0.2) is 11.1 Å². The van der Waals surface area contributed by atoms with Crippen molar-refractivity contribution in [1.82, 2.24) is 0 Å². The summed E-state index contributed by atoms with van der Waals surface area (Å²) in [5, 5.41) is 0. The minimum atomic E-state index is -0.468. The molecule has 16 heavy (non-hydrogen) atoms. The quantitative estimate of drug-likeness (QED) is 0.545. The van der Waals surface area contributed by atoms with Crippen LogP contribution in [0.4, 0.5) is 0 Å². The Labute approximate surface area is 96.6 Å². The molecule has 92 valence electrons. The lowest BCUT2D eigenvalue weighted by atomic mass is 9.90. The van der Waals surface area contributed by atoms with Crippen LogP contribution in [0.2, 0.25) is 0 Å². The molecule has 0 aliphatic carbocycles. The third kappa shape index (κ3) is 3.36. The van der Waals surface area contributed by atoms with Gasteiger partial charge in [-0.15, -0.1) is 0 Å². The first kappa shape index (κ1) is 14.7. The van der Waals surface area contributed by atoms with Gasteiger partial charge in [-0.3, -0.25) is 0 Å². The van der Waals surface area contributed by atoms with Crippen molar-refractivity contribution in [2.45, 2.75) is 27.7 Å². The summed E-state index contributed by atoms with van der Waals surface area (Å²) in [5.41, 5.74) is 0.786. The van der Waals surface area contributed by atoms with Gasteiger partial charge in [0.1, 0.15) is 0 Å². The van der Waals surface area contributed by atoms with Crippen LogP contribution >= 0.6 is 0 Å². The van der Waals surface area contributed by atoms with E-state index >= 15 is 0 Å². The Hall–Kier alpha value is -1.32. The van der Waals surface area contributed by atoms with E-state index in [-0.39, 0.29) is 11.8 Å². The van der Waals surface area contributed by atoms with Gasteiger partial charge >= 0.3 is 11.9 Å².